The molecule has 0 radical (unpaired) electrons. The Morgan fingerprint density at radius 2 is 2.14 bits per heavy atom. The van der Waals surface area contributed by atoms with Crippen LogP contribution in [-0.4, -0.2) is 28.4 Å². The van der Waals surface area contributed by atoms with E-state index in [1.54, 1.807) is 19.1 Å². The van der Waals surface area contributed by atoms with Crippen molar-refractivity contribution < 1.29 is 19.1 Å². The number of urea groups is 1. The van der Waals surface area contributed by atoms with Crippen molar-refractivity contribution in [2.45, 2.75) is 38.0 Å². The van der Waals surface area contributed by atoms with Crippen molar-refractivity contribution in [3.05, 3.63) is 35.6 Å². The highest BCUT2D eigenvalue weighted by molar-refractivity contribution is 5.71. The van der Waals surface area contributed by atoms with Crippen LogP contribution in [0.1, 0.15) is 31.4 Å². The van der Waals surface area contributed by atoms with Crippen LogP contribution in [0.2, 0.25) is 0 Å². The summed E-state index contributed by atoms with van der Waals surface area (Å²) in [4.78, 5) is 10.8. The van der Waals surface area contributed by atoms with Crippen molar-refractivity contribution in [3.63, 3.8) is 0 Å². The molecule has 3 N–H and O–H groups in total. The number of ether oxygens (including phenoxy) is 1. The van der Waals surface area contributed by atoms with E-state index in [0.29, 0.717) is 5.06 Å². The molecular formula is C15H17FN2O3. The molecule has 5 nitrogen and oxygen atoms in total. The Morgan fingerprint density at radius 3 is 2.76 bits per heavy atom. The third-order valence-electron chi connectivity index (χ3n) is 3.31. The third kappa shape index (κ3) is 3.94. The minimum absolute atomic E-state index is 0.110. The monoisotopic (exact) mass is 292 g/mol. The number of hydroxylamine groups is 2. The van der Waals surface area contributed by atoms with E-state index in [1.807, 2.05) is 0 Å². The van der Waals surface area contributed by atoms with Gasteiger partial charge in [-0.25, -0.2) is 9.18 Å². The topological polar surface area (TPSA) is 75.8 Å². The molecule has 2 amide bonds. The number of rotatable bonds is 2. The van der Waals surface area contributed by atoms with Crippen LogP contribution in [0.25, 0.3) is 0 Å². The average Bonchev–Trinajstić information content (AvgIpc) is 2.93. The zero-order valence-corrected chi connectivity index (χ0v) is 11.6. The number of hydrogen-bond donors (Lipinski definition) is 2. The Labute approximate surface area is 122 Å². The van der Waals surface area contributed by atoms with Gasteiger partial charge in [-0.3, -0.25) is 5.21 Å². The molecule has 6 heteroatoms. The van der Waals surface area contributed by atoms with Crippen LogP contribution < -0.4 is 5.73 Å². The van der Waals surface area contributed by atoms with E-state index in [9.17, 15) is 14.4 Å². The van der Waals surface area contributed by atoms with Crippen molar-refractivity contribution in [1.29, 1.82) is 0 Å². The van der Waals surface area contributed by atoms with Crippen LogP contribution in [0.15, 0.2) is 24.3 Å². The second-order valence-electron chi connectivity index (χ2n) is 4.89. The van der Waals surface area contributed by atoms with Gasteiger partial charge in [0.1, 0.15) is 18.0 Å². The van der Waals surface area contributed by atoms with E-state index in [-0.39, 0.29) is 18.0 Å². The maximum absolute atomic E-state index is 12.9. The van der Waals surface area contributed by atoms with Gasteiger partial charge in [0, 0.05) is 0 Å². The van der Waals surface area contributed by atoms with Gasteiger partial charge in [-0.2, -0.15) is 5.06 Å². The van der Waals surface area contributed by atoms with Crippen LogP contribution in [0.4, 0.5) is 9.18 Å². The number of carbonyl (C=O) groups is 1. The summed E-state index contributed by atoms with van der Waals surface area (Å²) in [5, 5.41) is 9.68. The number of amides is 2. The van der Waals surface area contributed by atoms with Crippen molar-refractivity contribution >= 4 is 6.03 Å². The molecule has 1 fully saturated rings. The lowest BCUT2D eigenvalue weighted by atomic mass is 10.1. The molecule has 0 aliphatic carbocycles. The molecule has 2 unspecified atom stereocenters. The van der Waals surface area contributed by atoms with Gasteiger partial charge < -0.3 is 10.5 Å². The van der Waals surface area contributed by atoms with E-state index in [2.05, 4.69) is 11.8 Å². The Morgan fingerprint density at radius 1 is 1.48 bits per heavy atom. The molecule has 1 aromatic carbocycles. The fourth-order valence-corrected chi connectivity index (χ4v) is 2.13. The summed E-state index contributed by atoms with van der Waals surface area (Å²) >= 11 is 0. The summed E-state index contributed by atoms with van der Waals surface area (Å²) in [6.45, 7) is 1.56. The second kappa shape index (κ2) is 6.57. The summed E-state index contributed by atoms with van der Waals surface area (Å²) in [5.41, 5.74) is 5.85. The summed E-state index contributed by atoms with van der Waals surface area (Å²) in [6, 6.07) is 4.54. The highest BCUT2D eigenvalue weighted by atomic mass is 19.1. The van der Waals surface area contributed by atoms with Crippen LogP contribution in [0, 0.1) is 17.7 Å². The molecule has 1 heterocycles. The van der Waals surface area contributed by atoms with E-state index in [1.165, 1.54) is 12.1 Å². The van der Waals surface area contributed by atoms with E-state index in [4.69, 9.17) is 10.5 Å². The third-order valence-corrected chi connectivity index (χ3v) is 3.31. The minimum Gasteiger partial charge on any atom is -0.358 e. The molecule has 0 bridgehead atoms. The fraction of sp³-hybridized carbons (Fsp3) is 0.400. The molecule has 0 aromatic heterocycles. The van der Waals surface area contributed by atoms with Crippen molar-refractivity contribution in [1.82, 2.24) is 5.06 Å². The Bertz CT molecular complexity index is 565. The summed E-state index contributed by atoms with van der Waals surface area (Å²) in [6.07, 6.45) is 1.15. The highest BCUT2D eigenvalue weighted by Gasteiger charge is 2.25. The number of benzene rings is 1. The lowest BCUT2D eigenvalue weighted by Crippen LogP contribution is -2.38. The predicted molar refractivity (Wildman–Crippen MR) is 73.7 cm³/mol. The van der Waals surface area contributed by atoms with Gasteiger partial charge in [-0.1, -0.05) is 24.0 Å². The maximum Gasteiger partial charge on any atom is 0.339 e. The van der Waals surface area contributed by atoms with Gasteiger partial charge in [0.25, 0.3) is 0 Å². The summed E-state index contributed by atoms with van der Waals surface area (Å²) in [7, 11) is 0. The SMILES string of the molecule is C[C@H](C#CC1CCC(c2ccc(F)cc2)O1)N(O)C(N)=O. The number of hydrogen-bond acceptors (Lipinski definition) is 3. The number of nitrogens with two attached hydrogens (primary N) is 1. The number of halogens is 1. The van der Waals surface area contributed by atoms with Gasteiger partial charge in [-0.15, -0.1) is 0 Å². The fourth-order valence-electron chi connectivity index (χ4n) is 2.13. The molecule has 21 heavy (non-hydrogen) atoms. The van der Waals surface area contributed by atoms with E-state index >= 15 is 0 Å². The predicted octanol–water partition coefficient (Wildman–Crippen LogP) is 2.21. The normalized spacial score (nSPS) is 22.2. The van der Waals surface area contributed by atoms with Crippen molar-refractivity contribution in [2.75, 3.05) is 0 Å². The first-order chi connectivity index (χ1) is 9.97. The van der Waals surface area contributed by atoms with Crippen molar-refractivity contribution in [2.24, 2.45) is 5.73 Å². The number of primary amides is 1. The first-order valence-corrected chi connectivity index (χ1v) is 6.67. The standard InChI is InChI=1S/C15H17FN2O3/c1-10(18(20)15(17)19)2-7-13-8-9-14(21-13)11-3-5-12(16)6-4-11/h3-6,10,13-14,20H,8-9H2,1H3,(H2,17,19)/t10-,13?,14?/m1/s1. The van der Waals surface area contributed by atoms with Crippen molar-refractivity contribution in [3.8, 4) is 11.8 Å². The Kier molecular flexibility index (Phi) is 4.78. The van der Waals surface area contributed by atoms with Crippen LogP contribution in [0.5, 0.6) is 0 Å². The Balaban J connectivity index is 1.94. The second-order valence-corrected chi connectivity index (χ2v) is 4.89. The van der Waals surface area contributed by atoms with E-state index < -0.39 is 12.1 Å². The zero-order chi connectivity index (χ0) is 15.4. The maximum atomic E-state index is 12.9. The largest absolute Gasteiger partial charge is 0.358 e. The average molecular weight is 292 g/mol. The molecule has 1 saturated heterocycles. The molecule has 2 rings (SSSR count). The van der Waals surface area contributed by atoms with Gasteiger partial charge in [0.05, 0.1) is 6.10 Å². The molecule has 1 aliphatic heterocycles. The molecule has 1 aliphatic rings. The first-order valence-electron chi connectivity index (χ1n) is 6.67. The molecule has 1 aromatic rings. The smallest absolute Gasteiger partial charge is 0.339 e. The zero-order valence-electron chi connectivity index (χ0n) is 11.6. The first kappa shape index (κ1) is 15.3. The van der Waals surface area contributed by atoms with Gasteiger partial charge in [0.2, 0.25) is 0 Å². The summed E-state index contributed by atoms with van der Waals surface area (Å²) < 4.78 is 18.6. The molecule has 112 valence electrons. The highest BCUT2D eigenvalue weighted by Crippen LogP contribution is 2.32. The number of nitrogens with zero attached hydrogens (tertiary/aromatic N) is 1. The van der Waals surface area contributed by atoms with Gasteiger partial charge >= 0.3 is 6.03 Å². The van der Waals surface area contributed by atoms with Crippen LogP contribution in [-0.2, 0) is 4.74 Å². The van der Waals surface area contributed by atoms with Crippen LogP contribution in [0.3, 0.4) is 0 Å². The van der Waals surface area contributed by atoms with Crippen LogP contribution >= 0.6 is 0 Å². The lowest BCUT2D eigenvalue weighted by Gasteiger charge is -2.15. The number of carbonyl (C=O) groups excluding carboxylic acids is 1. The Hall–Kier alpha value is -2.10. The van der Waals surface area contributed by atoms with E-state index in [0.717, 1.165) is 18.4 Å². The lowest BCUT2D eigenvalue weighted by molar-refractivity contribution is -0.0537. The summed E-state index contributed by atoms with van der Waals surface area (Å²) in [5.74, 6) is 5.32. The molecule has 0 spiro atoms. The minimum atomic E-state index is -0.951. The van der Waals surface area contributed by atoms with Gasteiger partial charge in [-0.05, 0) is 37.5 Å². The molecular weight excluding hydrogens is 275 g/mol. The van der Waals surface area contributed by atoms with Gasteiger partial charge in [0.15, 0.2) is 0 Å². The molecule has 3 atom stereocenters. The quantitative estimate of drug-likeness (QED) is 0.498. The molecule has 0 saturated carbocycles.